The Labute approximate surface area is 233 Å². The number of anilines is 3. The summed E-state index contributed by atoms with van der Waals surface area (Å²) in [6, 6.07) is 14.6. The molecule has 0 radical (unpaired) electrons. The Bertz CT molecular complexity index is 1400. The summed E-state index contributed by atoms with van der Waals surface area (Å²) in [7, 11) is 0. The lowest BCUT2D eigenvalue weighted by Gasteiger charge is -2.09. The molecule has 5 rings (SSSR count). The molecule has 1 saturated carbocycles. The summed E-state index contributed by atoms with van der Waals surface area (Å²) in [5, 5.41) is 5.44. The minimum atomic E-state index is 0.0959. The van der Waals surface area contributed by atoms with Gasteiger partial charge in [-0.3, -0.25) is 0 Å². The van der Waals surface area contributed by atoms with Crippen molar-refractivity contribution >= 4 is 75.7 Å². The Hall–Kier alpha value is -2.55. The highest BCUT2D eigenvalue weighted by Gasteiger charge is 2.32. The fourth-order valence-electron chi connectivity index (χ4n) is 3.37. The normalized spacial score (nSPS) is 16.2. The highest BCUT2D eigenvalue weighted by atomic mass is 35.5. The van der Waals surface area contributed by atoms with E-state index in [2.05, 4.69) is 32.2 Å². The van der Waals surface area contributed by atoms with E-state index in [0.717, 1.165) is 17.8 Å². The SMILES string of the molecule is CC1CC1Nc1cc(-c2cccc(Cl)c2Cl)nc(N)n1.Nc1nc(Cl)cc(-c2cccc(Cl)c2Cl)n1. The molecule has 2 aromatic carbocycles. The van der Waals surface area contributed by atoms with Gasteiger partial charge in [-0.2, -0.15) is 4.98 Å². The maximum Gasteiger partial charge on any atom is 0.222 e. The molecule has 2 atom stereocenters. The third-order valence-electron chi connectivity index (χ3n) is 5.35. The van der Waals surface area contributed by atoms with Crippen LogP contribution in [-0.2, 0) is 0 Å². The van der Waals surface area contributed by atoms with Gasteiger partial charge in [0.1, 0.15) is 11.0 Å². The Kier molecular flexibility index (Phi) is 8.27. The predicted octanol–water partition coefficient (Wildman–Crippen LogP) is 7.54. The second-order valence-electron chi connectivity index (χ2n) is 8.10. The van der Waals surface area contributed by atoms with Crippen molar-refractivity contribution in [1.82, 2.24) is 19.9 Å². The summed E-state index contributed by atoms with van der Waals surface area (Å²) in [5.74, 6) is 1.70. The van der Waals surface area contributed by atoms with Crippen molar-refractivity contribution in [3.8, 4) is 22.5 Å². The van der Waals surface area contributed by atoms with Gasteiger partial charge in [0.15, 0.2) is 0 Å². The van der Waals surface area contributed by atoms with Crippen molar-refractivity contribution < 1.29 is 0 Å². The molecule has 2 unspecified atom stereocenters. The molecule has 4 aromatic rings. The van der Waals surface area contributed by atoms with Crippen LogP contribution in [0.3, 0.4) is 0 Å². The molecular formula is C24H20Cl5N7. The molecular weight excluding hydrogens is 564 g/mol. The first kappa shape index (κ1) is 26.5. The van der Waals surface area contributed by atoms with Crippen LogP contribution in [0.2, 0.25) is 25.2 Å². The summed E-state index contributed by atoms with van der Waals surface area (Å²) >= 11 is 30.0. The van der Waals surface area contributed by atoms with Crippen molar-refractivity contribution in [2.75, 3.05) is 16.8 Å². The van der Waals surface area contributed by atoms with Crippen molar-refractivity contribution in [2.45, 2.75) is 19.4 Å². The molecule has 0 bridgehead atoms. The van der Waals surface area contributed by atoms with Crippen LogP contribution in [-0.4, -0.2) is 26.0 Å². The highest BCUT2D eigenvalue weighted by molar-refractivity contribution is 6.44. The number of nitrogen functional groups attached to an aromatic ring is 2. The number of halogens is 5. The third kappa shape index (κ3) is 6.41. The van der Waals surface area contributed by atoms with Crippen LogP contribution in [0.5, 0.6) is 0 Å². The van der Waals surface area contributed by atoms with E-state index in [0.29, 0.717) is 49.0 Å². The third-order valence-corrected chi connectivity index (χ3v) is 7.18. The Morgan fingerprint density at radius 2 is 1.25 bits per heavy atom. The molecule has 0 amide bonds. The number of hydrogen-bond donors (Lipinski definition) is 3. The molecule has 5 N–H and O–H groups in total. The molecule has 1 fully saturated rings. The topological polar surface area (TPSA) is 116 Å². The number of nitrogens with two attached hydrogens (primary N) is 2. The summed E-state index contributed by atoms with van der Waals surface area (Å²) in [6.07, 6.45) is 1.15. The molecule has 2 heterocycles. The van der Waals surface area contributed by atoms with Gasteiger partial charge in [0.05, 0.1) is 31.5 Å². The molecule has 2 aromatic heterocycles. The van der Waals surface area contributed by atoms with Gasteiger partial charge in [0, 0.05) is 29.3 Å². The number of nitrogens with zero attached hydrogens (tertiary/aromatic N) is 4. The minimum absolute atomic E-state index is 0.0959. The maximum atomic E-state index is 6.22. The van der Waals surface area contributed by atoms with Gasteiger partial charge in [0.2, 0.25) is 11.9 Å². The van der Waals surface area contributed by atoms with E-state index in [1.165, 1.54) is 0 Å². The average Bonchev–Trinajstić information content (AvgIpc) is 3.50. The Morgan fingerprint density at radius 1 is 0.750 bits per heavy atom. The van der Waals surface area contributed by atoms with E-state index in [1.807, 2.05) is 18.2 Å². The van der Waals surface area contributed by atoms with Crippen LogP contribution >= 0.6 is 58.0 Å². The van der Waals surface area contributed by atoms with Crippen LogP contribution in [0.15, 0.2) is 48.5 Å². The van der Waals surface area contributed by atoms with Crippen LogP contribution < -0.4 is 16.8 Å². The largest absolute Gasteiger partial charge is 0.368 e. The van der Waals surface area contributed by atoms with E-state index in [-0.39, 0.29) is 17.0 Å². The van der Waals surface area contributed by atoms with Crippen molar-refractivity contribution in [1.29, 1.82) is 0 Å². The fourth-order valence-corrected chi connectivity index (χ4v) is 4.35. The molecule has 1 aliphatic rings. The van der Waals surface area contributed by atoms with E-state index in [9.17, 15) is 0 Å². The molecule has 12 heteroatoms. The maximum absolute atomic E-state index is 6.22. The van der Waals surface area contributed by atoms with Crippen LogP contribution in [0, 0.1) is 5.92 Å². The first-order valence-electron chi connectivity index (χ1n) is 10.7. The standard InChI is InChI=1S/C14H14Cl2N4.C10H6Cl3N3/c1-7-5-10(7)18-12-6-11(19-14(17)20-12)8-3-2-4-9(15)13(8)16;11-6-3-1-2-5(9(6)13)7-4-8(12)16-10(14)15-7/h2-4,6-7,10H,5H2,1H3,(H3,17,18,19,20);1-4H,(H2,14,15,16). The lowest BCUT2D eigenvalue weighted by atomic mass is 10.1. The second-order valence-corrected chi connectivity index (χ2v) is 10.1. The van der Waals surface area contributed by atoms with Crippen molar-refractivity contribution in [3.05, 3.63) is 73.8 Å². The molecule has 186 valence electrons. The van der Waals surface area contributed by atoms with Gasteiger partial charge in [-0.25, -0.2) is 15.0 Å². The van der Waals surface area contributed by atoms with Crippen LogP contribution in [0.25, 0.3) is 22.5 Å². The number of hydrogen-bond acceptors (Lipinski definition) is 7. The molecule has 0 aliphatic heterocycles. The molecule has 1 aliphatic carbocycles. The number of benzene rings is 2. The average molecular weight is 584 g/mol. The molecule has 0 spiro atoms. The molecule has 7 nitrogen and oxygen atoms in total. The number of rotatable bonds is 4. The monoisotopic (exact) mass is 581 g/mol. The minimum Gasteiger partial charge on any atom is -0.368 e. The van der Waals surface area contributed by atoms with Gasteiger partial charge < -0.3 is 16.8 Å². The number of nitrogens with one attached hydrogen (secondary N) is 1. The lowest BCUT2D eigenvalue weighted by molar-refractivity contribution is 0.922. The molecule has 0 saturated heterocycles. The Morgan fingerprint density at radius 3 is 1.75 bits per heavy atom. The van der Waals surface area contributed by atoms with Crippen molar-refractivity contribution in [3.63, 3.8) is 0 Å². The van der Waals surface area contributed by atoms with Gasteiger partial charge >= 0.3 is 0 Å². The van der Waals surface area contributed by atoms with E-state index in [1.54, 1.807) is 30.3 Å². The van der Waals surface area contributed by atoms with Crippen LogP contribution in [0.4, 0.5) is 17.7 Å². The zero-order valence-electron chi connectivity index (χ0n) is 18.8. The summed E-state index contributed by atoms with van der Waals surface area (Å²) < 4.78 is 0. The predicted molar refractivity (Wildman–Crippen MR) is 150 cm³/mol. The quantitative estimate of drug-likeness (QED) is 0.213. The second kappa shape index (κ2) is 11.2. The zero-order valence-corrected chi connectivity index (χ0v) is 22.6. The highest BCUT2D eigenvalue weighted by Crippen LogP contribution is 2.36. The van der Waals surface area contributed by atoms with Gasteiger partial charge in [0.25, 0.3) is 0 Å². The fraction of sp³-hybridized carbons (Fsp3) is 0.167. The van der Waals surface area contributed by atoms with E-state index < -0.39 is 0 Å². The first-order chi connectivity index (χ1) is 17.1. The molecule has 36 heavy (non-hydrogen) atoms. The smallest absolute Gasteiger partial charge is 0.222 e. The zero-order chi connectivity index (χ0) is 26.0. The summed E-state index contributed by atoms with van der Waals surface area (Å²) in [4.78, 5) is 16.3. The summed E-state index contributed by atoms with van der Waals surface area (Å²) in [6.45, 7) is 2.19. The van der Waals surface area contributed by atoms with Gasteiger partial charge in [-0.05, 0) is 24.5 Å². The number of aromatic nitrogens is 4. The van der Waals surface area contributed by atoms with E-state index >= 15 is 0 Å². The van der Waals surface area contributed by atoms with Crippen molar-refractivity contribution in [2.24, 2.45) is 5.92 Å². The first-order valence-corrected chi connectivity index (χ1v) is 12.6. The van der Waals surface area contributed by atoms with Gasteiger partial charge in [-0.15, -0.1) is 0 Å². The van der Waals surface area contributed by atoms with Crippen LogP contribution in [0.1, 0.15) is 13.3 Å². The summed E-state index contributed by atoms with van der Waals surface area (Å²) in [5.41, 5.74) is 13.9. The lowest BCUT2D eigenvalue weighted by Crippen LogP contribution is -2.08. The van der Waals surface area contributed by atoms with E-state index in [4.69, 9.17) is 69.5 Å². The van der Waals surface area contributed by atoms with Gasteiger partial charge in [-0.1, -0.05) is 89.2 Å². The Balaban J connectivity index is 0.000000174.